The Hall–Kier alpha value is -0.540. The summed E-state index contributed by atoms with van der Waals surface area (Å²) in [5, 5.41) is 10.3. The van der Waals surface area contributed by atoms with Crippen LogP contribution in [0, 0.1) is 0 Å². The lowest BCUT2D eigenvalue weighted by Crippen LogP contribution is -2.15. The summed E-state index contributed by atoms with van der Waals surface area (Å²) in [4.78, 5) is 0. The summed E-state index contributed by atoms with van der Waals surface area (Å²) >= 11 is 3.63. The summed E-state index contributed by atoms with van der Waals surface area (Å²) in [5.41, 5.74) is 3.67. The van der Waals surface area contributed by atoms with E-state index in [1.165, 1.54) is 36.0 Å². The van der Waals surface area contributed by atoms with Crippen LogP contribution in [0.2, 0.25) is 0 Å². The average molecular weight is 325 g/mol. The van der Waals surface area contributed by atoms with Gasteiger partial charge in [-0.1, -0.05) is 6.42 Å². The van der Waals surface area contributed by atoms with Crippen molar-refractivity contribution in [3.63, 3.8) is 0 Å². The van der Waals surface area contributed by atoms with E-state index in [4.69, 9.17) is 4.74 Å². The molecule has 2 aliphatic rings. The van der Waals surface area contributed by atoms with Gasteiger partial charge in [-0.15, -0.1) is 0 Å². The Morgan fingerprint density at radius 1 is 1.26 bits per heavy atom. The van der Waals surface area contributed by atoms with Crippen molar-refractivity contribution in [1.82, 2.24) is 0 Å². The SMILES string of the molecule is COc1c(Br)cc2c(c1CC1(O)CC1)CCCCC2. The highest BCUT2D eigenvalue weighted by atomic mass is 79.9. The molecule has 0 aliphatic heterocycles. The van der Waals surface area contributed by atoms with Gasteiger partial charge in [-0.25, -0.2) is 0 Å². The Labute approximate surface area is 123 Å². The maximum absolute atomic E-state index is 10.3. The summed E-state index contributed by atoms with van der Waals surface area (Å²) in [5.74, 6) is 0.931. The zero-order valence-electron chi connectivity index (χ0n) is 11.5. The Balaban J connectivity index is 2.08. The third-order valence-electron chi connectivity index (χ3n) is 4.45. The van der Waals surface area contributed by atoms with Crippen LogP contribution < -0.4 is 4.74 Å². The van der Waals surface area contributed by atoms with Crippen molar-refractivity contribution in [1.29, 1.82) is 0 Å². The number of halogens is 1. The molecule has 0 heterocycles. The van der Waals surface area contributed by atoms with Crippen molar-refractivity contribution < 1.29 is 9.84 Å². The maximum atomic E-state index is 10.3. The number of hydrogen-bond acceptors (Lipinski definition) is 2. The minimum atomic E-state index is -0.464. The van der Waals surface area contributed by atoms with E-state index in [0.29, 0.717) is 0 Å². The summed E-state index contributed by atoms with van der Waals surface area (Å²) in [7, 11) is 1.73. The first-order valence-electron chi connectivity index (χ1n) is 7.22. The summed E-state index contributed by atoms with van der Waals surface area (Å²) in [6.45, 7) is 0. The van der Waals surface area contributed by atoms with Crippen LogP contribution in [-0.4, -0.2) is 17.8 Å². The summed E-state index contributed by atoms with van der Waals surface area (Å²) in [6, 6.07) is 2.22. The molecule has 1 saturated carbocycles. The molecule has 0 saturated heterocycles. The lowest BCUT2D eigenvalue weighted by Gasteiger charge is -2.20. The normalized spacial score (nSPS) is 20.6. The number of aryl methyl sites for hydroxylation is 1. The molecular formula is C16H21BrO2. The van der Waals surface area contributed by atoms with Crippen LogP contribution in [0.5, 0.6) is 5.75 Å². The molecule has 0 bridgehead atoms. The zero-order chi connectivity index (χ0) is 13.5. The second kappa shape index (κ2) is 5.10. The van der Waals surface area contributed by atoms with Crippen LogP contribution in [0.25, 0.3) is 0 Å². The Morgan fingerprint density at radius 3 is 2.68 bits per heavy atom. The minimum Gasteiger partial charge on any atom is -0.495 e. The van der Waals surface area contributed by atoms with Gasteiger partial charge in [0.1, 0.15) is 5.75 Å². The van der Waals surface area contributed by atoms with E-state index in [0.717, 1.165) is 42.3 Å². The number of ether oxygens (including phenoxy) is 1. The molecule has 0 unspecified atom stereocenters. The van der Waals surface area contributed by atoms with Crippen molar-refractivity contribution in [2.45, 2.75) is 57.0 Å². The summed E-state index contributed by atoms with van der Waals surface area (Å²) in [6.07, 6.45) is 8.72. The number of benzene rings is 1. The van der Waals surface area contributed by atoms with Crippen LogP contribution in [0.4, 0.5) is 0 Å². The predicted molar refractivity (Wildman–Crippen MR) is 79.8 cm³/mol. The van der Waals surface area contributed by atoms with Crippen molar-refractivity contribution in [2.24, 2.45) is 0 Å². The summed E-state index contributed by atoms with van der Waals surface area (Å²) < 4.78 is 6.64. The average Bonchev–Trinajstić information content (AvgIpc) is 3.13. The third-order valence-corrected chi connectivity index (χ3v) is 5.04. The van der Waals surface area contributed by atoms with Crippen LogP contribution in [0.1, 0.15) is 48.8 Å². The molecule has 0 spiro atoms. The van der Waals surface area contributed by atoms with Gasteiger partial charge in [0.25, 0.3) is 0 Å². The van der Waals surface area contributed by atoms with E-state index < -0.39 is 5.60 Å². The van der Waals surface area contributed by atoms with Gasteiger partial charge >= 0.3 is 0 Å². The number of hydrogen-bond donors (Lipinski definition) is 1. The highest BCUT2D eigenvalue weighted by Crippen LogP contribution is 2.44. The highest BCUT2D eigenvalue weighted by molar-refractivity contribution is 9.10. The monoisotopic (exact) mass is 324 g/mol. The van der Waals surface area contributed by atoms with Crippen LogP contribution in [0.15, 0.2) is 10.5 Å². The van der Waals surface area contributed by atoms with Gasteiger partial charge in [-0.2, -0.15) is 0 Å². The first kappa shape index (κ1) is 13.4. The van der Waals surface area contributed by atoms with Gasteiger partial charge in [0.05, 0.1) is 17.2 Å². The molecule has 1 N–H and O–H groups in total. The predicted octanol–water partition coefficient (Wildman–Crippen LogP) is 3.79. The smallest absolute Gasteiger partial charge is 0.136 e. The fourth-order valence-corrected chi connectivity index (χ4v) is 3.84. The number of fused-ring (bicyclic) bond motifs is 1. The third kappa shape index (κ3) is 2.68. The minimum absolute atomic E-state index is 0.464. The molecule has 0 radical (unpaired) electrons. The molecule has 1 fully saturated rings. The molecule has 0 aromatic heterocycles. The van der Waals surface area contributed by atoms with E-state index in [1.54, 1.807) is 7.11 Å². The molecular weight excluding hydrogens is 304 g/mol. The number of methoxy groups -OCH3 is 1. The fraction of sp³-hybridized carbons (Fsp3) is 0.625. The lowest BCUT2D eigenvalue weighted by molar-refractivity contribution is 0.149. The number of aliphatic hydroxyl groups is 1. The first-order chi connectivity index (χ1) is 9.13. The quantitative estimate of drug-likeness (QED) is 0.857. The van der Waals surface area contributed by atoms with Gasteiger partial charge in [-0.05, 0) is 71.6 Å². The molecule has 104 valence electrons. The van der Waals surface area contributed by atoms with E-state index in [1.807, 2.05) is 0 Å². The molecule has 1 aromatic carbocycles. The van der Waals surface area contributed by atoms with Gasteiger partial charge in [0.2, 0.25) is 0 Å². The Morgan fingerprint density at radius 2 is 2.00 bits per heavy atom. The van der Waals surface area contributed by atoms with Crippen molar-refractivity contribution in [3.05, 3.63) is 27.2 Å². The fourth-order valence-electron chi connectivity index (χ4n) is 3.17. The first-order valence-corrected chi connectivity index (χ1v) is 8.02. The molecule has 0 amide bonds. The zero-order valence-corrected chi connectivity index (χ0v) is 13.1. The standard InChI is InChI=1S/C16H21BrO2/c1-19-15-13(10-16(18)7-8-16)12-6-4-2-3-5-11(12)9-14(15)17/h9,18H,2-8,10H2,1H3. The van der Waals surface area contributed by atoms with Crippen LogP contribution >= 0.6 is 15.9 Å². The lowest BCUT2D eigenvalue weighted by atomic mass is 9.92. The molecule has 0 atom stereocenters. The van der Waals surface area contributed by atoms with Gasteiger partial charge in [-0.3, -0.25) is 0 Å². The van der Waals surface area contributed by atoms with Gasteiger partial charge in [0.15, 0.2) is 0 Å². The number of rotatable bonds is 3. The van der Waals surface area contributed by atoms with Crippen molar-refractivity contribution in [2.75, 3.05) is 7.11 Å². The molecule has 1 aromatic rings. The molecule has 2 nitrogen and oxygen atoms in total. The topological polar surface area (TPSA) is 29.5 Å². The largest absolute Gasteiger partial charge is 0.495 e. The molecule has 2 aliphatic carbocycles. The van der Waals surface area contributed by atoms with E-state index >= 15 is 0 Å². The second-order valence-corrected chi connectivity index (χ2v) is 6.82. The van der Waals surface area contributed by atoms with E-state index in [-0.39, 0.29) is 0 Å². The molecule has 3 rings (SSSR count). The van der Waals surface area contributed by atoms with Crippen molar-refractivity contribution in [3.8, 4) is 5.75 Å². The molecule has 3 heteroatoms. The van der Waals surface area contributed by atoms with Crippen LogP contribution in [-0.2, 0) is 19.3 Å². The van der Waals surface area contributed by atoms with E-state index in [2.05, 4.69) is 22.0 Å². The Kier molecular flexibility index (Phi) is 3.61. The second-order valence-electron chi connectivity index (χ2n) is 5.97. The van der Waals surface area contributed by atoms with Crippen molar-refractivity contribution >= 4 is 15.9 Å². The van der Waals surface area contributed by atoms with E-state index in [9.17, 15) is 5.11 Å². The Bertz CT molecular complexity index is 492. The van der Waals surface area contributed by atoms with Gasteiger partial charge in [0, 0.05) is 12.0 Å². The van der Waals surface area contributed by atoms with Crippen LogP contribution in [0.3, 0.4) is 0 Å². The molecule has 19 heavy (non-hydrogen) atoms. The van der Waals surface area contributed by atoms with Gasteiger partial charge < -0.3 is 9.84 Å². The maximum Gasteiger partial charge on any atom is 0.136 e. The highest BCUT2D eigenvalue weighted by Gasteiger charge is 2.41.